The largest absolute Gasteiger partial charge is 0.438 e. The Morgan fingerprint density at radius 1 is 1.29 bits per heavy atom. The predicted octanol–water partition coefficient (Wildman–Crippen LogP) is 2.55. The van der Waals surface area contributed by atoms with Crippen molar-refractivity contribution in [2.24, 2.45) is 11.0 Å². The van der Waals surface area contributed by atoms with Gasteiger partial charge in [0.1, 0.15) is 0 Å². The van der Waals surface area contributed by atoms with Crippen LogP contribution < -0.4 is 0 Å². The minimum Gasteiger partial charge on any atom is -0.362 e. The quantitative estimate of drug-likeness (QED) is 0.912. The lowest BCUT2D eigenvalue weighted by molar-refractivity contribution is -0.297. The van der Waals surface area contributed by atoms with Crippen molar-refractivity contribution < 1.29 is 23.1 Å². The maximum Gasteiger partial charge on any atom is 0.438 e. The van der Waals surface area contributed by atoms with Gasteiger partial charge in [-0.15, -0.1) is 0 Å². The molecule has 0 radical (unpaired) electrons. The number of rotatable bonds is 2. The predicted molar refractivity (Wildman–Crippen MR) is 68.4 cm³/mol. The number of amides is 1. The molecule has 1 saturated carbocycles. The topological polar surface area (TPSA) is 52.9 Å². The zero-order valence-corrected chi connectivity index (χ0v) is 11.0. The summed E-state index contributed by atoms with van der Waals surface area (Å²) in [7, 11) is 0. The Morgan fingerprint density at radius 2 is 1.90 bits per heavy atom. The van der Waals surface area contributed by atoms with Gasteiger partial charge in [0, 0.05) is 17.7 Å². The maximum absolute atomic E-state index is 13.2. The van der Waals surface area contributed by atoms with Crippen LogP contribution in [0.15, 0.2) is 35.4 Å². The van der Waals surface area contributed by atoms with Gasteiger partial charge in [0.05, 0.1) is 0 Å². The van der Waals surface area contributed by atoms with Crippen molar-refractivity contribution in [2.75, 3.05) is 0 Å². The molecule has 4 nitrogen and oxygen atoms in total. The van der Waals surface area contributed by atoms with Gasteiger partial charge in [0.15, 0.2) is 0 Å². The number of carbonyl (C=O) groups excluding carboxylic acids is 1. The summed E-state index contributed by atoms with van der Waals surface area (Å²) >= 11 is 0. The van der Waals surface area contributed by atoms with Crippen molar-refractivity contribution in [3.8, 4) is 0 Å². The summed E-state index contributed by atoms with van der Waals surface area (Å²) in [6.45, 7) is 0. The summed E-state index contributed by atoms with van der Waals surface area (Å²) < 4.78 is 39.6. The van der Waals surface area contributed by atoms with Crippen LogP contribution in [0.2, 0.25) is 0 Å². The molecule has 21 heavy (non-hydrogen) atoms. The Bertz CT molecular complexity index is 596. The van der Waals surface area contributed by atoms with E-state index < -0.39 is 24.2 Å². The lowest BCUT2D eigenvalue weighted by Gasteiger charge is -2.32. The average Bonchev–Trinajstić information content (AvgIpc) is 3.22. The molecule has 1 amide bonds. The number of aliphatic hydroxyl groups is 1. The van der Waals surface area contributed by atoms with Crippen molar-refractivity contribution in [2.45, 2.75) is 31.2 Å². The molecule has 1 aliphatic carbocycles. The van der Waals surface area contributed by atoms with Crippen LogP contribution in [0, 0.1) is 5.92 Å². The van der Waals surface area contributed by atoms with Crippen LogP contribution in [0.4, 0.5) is 13.2 Å². The molecular weight excluding hydrogens is 285 g/mol. The molecule has 1 unspecified atom stereocenters. The van der Waals surface area contributed by atoms with Crippen LogP contribution in [0.5, 0.6) is 0 Å². The monoisotopic (exact) mass is 298 g/mol. The number of alkyl halides is 3. The SMILES string of the molecule is O=C(c1ccccc1)N1N=C(C2CC2)CC1(O)C(F)(F)F. The fourth-order valence-corrected chi connectivity index (χ4v) is 2.35. The molecule has 3 rings (SSSR count). The first-order valence-electron chi connectivity index (χ1n) is 6.59. The Labute approximate surface area is 118 Å². The van der Waals surface area contributed by atoms with E-state index in [1.807, 2.05) is 0 Å². The zero-order valence-electron chi connectivity index (χ0n) is 11.0. The Kier molecular flexibility index (Phi) is 3.05. The lowest BCUT2D eigenvalue weighted by Crippen LogP contribution is -2.56. The summed E-state index contributed by atoms with van der Waals surface area (Å²) in [6, 6.07) is 7.52. The van der Waals surface area contributed by atoms with Gasteiger partial charge in [-0.2, -0.15) is 23.3 Å². The molecule has 112 valence electrons. The van der Waals surface area contributed by atoms with Crippen molar-refractivity contribution in [1.29, 1.82) is 0 Å². The first-order valence-corrected chi connectivity index (χ1v) is 6.59. The zero-order chi connectivity index (χ0) is 15.3. The summed E-state index contributed by atoms with van der Waals surface area (Å²) in [6.07, 6.45) is -4.13. The highest BCUT2D eigenvalue weighted by atomic mass is 19.4. The third kappa shape index (κ3) is 2.31. The molecule has 1 aromatic rings. The van der Waals surface area contributed by atoms with Crippen LogP contribution in [0.3, 0.4) is 0 Å². The molecule has 0 spiro atoms. The highest BCUT2D eigenvalue weighted by Gasteiger charge is 2.64. The molecule has 2 aliphatic rings. The van der Waals surface area contributed by atoms with Gasteiger partial charge < -0.3 is 5.11 Å². The molecule has 1 aliphatic heterocycles. The van der Waals surface area contributed by atoms with E-state index >= 15 is 0 Å². The van der Waals surface area contributed by atoms with Crippen LogP contribution in [-0.4, -0.2) is 33.6 Å². The van der Waals surface area contributed by atoms with E-state index in [-0.39, 0.29) is 22.2 Å². The second-order valence-electron chi connectivity index (χ2n) is 5.34. The highest BCUT2D eigenvalue weighted by Crippen LogP contribution is 2.45. The smallest absolute Gasteiger partial charge is 0.362 e. The number of carbonyl (C=O) groups is 1. The molecule has 1 aromatic carbocycles. The number of hydrogen-bond donors (Lipinski definition) is 1. The number of halogens is 3. The van der Waals surface area contributed by atoms with Crippen molar-refractivity contribution in [1.82, 2.24) is 5.01 Å². The van der Waals surface area contributed by atoms with Crippen molar-refractivity contribution in [3.05, 3.63) is 35.9 Å². The fourth-order valence-electron chi connectivity index (χ4n) is 2.35. The number of hydrazone groups is 1. The summed E-state index contributed by atoms with van der Waals surface area (Å²) in [5, 5.41) is 14.0. The summed E-state index contributed by atoms with van der Waals surface area (Å²) in [5.41, 5.74) is -2.95. The van der Waals surface area contributed by atoms with E-state index in [0.717, 1.165) is 12.8 Å². The molecule has 1 heterocycles. The van der Waals surface area contributed by atoms with Crippen LogP contribution in [0.1, 0.15) is 29.6 Å². The third-order valence-electron chi connectivity index (χ3n) is 3.72. The normalized spacial score (nSPS) is 25.9. The van der Waals surface area contributed by atoms with Gasteiger partial charge in [-0.05, 0) is 30.9 Å². The van der Waals surface area contributed by atoms with Gasteiger partial charge in [0.25, 0.3) is 11.6 Å². The van der Waals surface area contributed by atoms with Gasteiger partial charge in [0.2, 0.25) is 0 Å². The van der Waals surface area contributed by atoms with Crippen LogP contribution >= 0.6 is 0 Å². The van der Waals surface area contributed by atoms with Crippen molar-refractivity contribution >= 4 is 11.6 Å². The fraction of sp³-hybridized carbons (Fsp3) is 0.429. The third-order valence-corrected chi connectivity index (χ3v) is 3.72. The first kappa shape index (κ1) is 14.1. The lowest BCUT2D eigenvalue weighted by atomic mass is 10.0. The van der Waals surface area contributed by atoms with Crippen molar-refractivity contribution in [3.63, 3.8) is 0 Å². The second kappa shape index (κ2) is 4.56. The van der Waals surface area contributed by atoms with E-state index in [0.29, 0.717) is 0 Å². The molecule has 0 aromatic heterocycles. The maximum atomic E-state index is 13.2. The minimum atomic E-state index is -4.96. The van der Waals surface area contributed by atoms with E-state index in [9.17, 15) is 23.1 Å². The van der Waals surface area contributed by atoms with E-state index in [2.05, 4.69) is 5.10 Å². The highest BCUT2D eigenvalue weighted by molar-refractivity contribution is 5.99. The summed E-state index contributed by atoms with van der Waals surface area (Å²) in [5.74, 6) is -1.00. The minimum absolute atomic E-state index is 0.0487. The molecule has 7 heteroatoms. The van der Waals surface area contributed by atoms with Gasteiger partial charge in [-0.3, -0.25) is 4.79 Å². The van der Waals surface area contributed by atoms with Crippen LogP contribution in [-0.2, 0) is 0 Å². The van der Waals surface area contributed by atoms with E-state index in [1.165, 1.54) is 12.1 Å². The first-order chi connectivity index (χ1) is 9.83. The average molecular weight is 298 g/mol. The Balaban J connectivity index is 1.97. The summed E-state index contributed by atoms with van der Waals surface area (Å²) in [4.78, 5) is 12.3. The number of benzene rings is 1. The molecule has 0 saturated heterocycles. The molecule has 1 N–H and O–H groups in total. The van der Waals surface area contributed by atoms with Gasteiger partial charge in [-0.25, -0.2) is 0 Å². The van der Waals surface area contributed by atoms with Gasteiger partial charge >= 0.3 is 6.18 Å². The van der Waals surface area contributed by atoms with E-state index in [4.69, 9.17) is 0 Å². The van der Waals surface area contributed by atoms with Gasteiger partial charge in [-0.1, -0.05) is 18.2 Å². The molecule has 1 fully saturated rings. The Morgan fingerprint density at radius 3 is 2.43 bits per heavy atom. The van der Waals surface area contributed by atoms with Crippen LogP contribution in [0.25, 0.3) is 0 Å². The molecule has 1 atom stereocenters. The molecule has 0 bridgehead atoms. The standard InChI is InChI=1S/C14H13F3N2O2/c15-14(16,17)13(21)8-11(9-6-7-9)18-19(13)12(20)10-4-2-1-3-5-10/h1-5,9,21H,6-8H2. The Hall–Kier alpha value is -1.89. The van der Waals surface area contributed by atoms with E-state index in [1.54, 1.807) is 18.2 Å². The second-order valence-corrected chi connectivity index (χ2v) is 5.34. The number of hydrogen-bond acceptors (Lipinski definition) is 3. The molecular formula is C14H13F3N2O2. The number of nitrogens with zero attached hydrogens (tertiary/aromatic N) is 2.